The SMILES string of the molecule is CC(C(=O)OC1C[C@H]2CC[C@@H](C1)N2C)c1ccc(F)cc1. The molecular formula is C17H22FNO2. The second-order valence-corrected chi connectivity index (χ2v) is 6.35. The lowest BCUT2D eigenvalue weighted by atomic mass is 9.99. The van der Waals surface area contributed by atoms with Gasteiger partial charge in [0.25, 0.3) is 0 Å². The van der Waals surface area contributed by atoms with Crippen molar-refractivity contribution in [2.75, 3.05) is 7.05 Å². The van der Waals surface area contributed by atoms with Crippen molar-refractivity contribution in [1.29, 1.82) is 0 Å². The average Bonchev–Trinajstić information content (AvgIpc) is 2.69. The Balaban J connectivity index is 1.60. The molecule has 2 aliphatic heterocycles. The summed E-state index contributed by atoms with van der Waals surface area (Å²) >= 11 is 0. The fourth-order valence-electron chi connectivity index (χ4n) is 3.61. The highest BCUT2D eigenvalue weighted by Crippen LogP contribution is 2.36. The first-order chi connectivity index (χ1) is 10.0. The Morgan fingerprint density at radius 2 is 1.81 bits per heavy atom. The first kappa shape index (κ1) is 14.5. The third-order valence-corrected chi connectivity index (χ3v) is 5.06. The molecule has 2 saturated heterocycles. The molecule has 2 unspecified atom stereocenters. The number of piperidine rings is 1. The standard InChI is InChI=1S/C17H22FNO2/c1-11(12-3-5-13(18)6-4-12)17(20)21-16-9-14-7-8-15(10-16)19(14)2/h3-6,11,14-16H,7-10H2,1-2H3/t11?,14-,15+,16?. The molecule has 4 atom stereocenters. The Morgan fingerprint density at radius 3 is 2.38 bits per heavy atom. The van der Waals surface area contributed by atoms with Crippen LogP contribution in [0.15, 0.2) is 24.3 Å². The van der Waals surface area contributed by atoms with E-state index in [1.165, 1.54) is 25.0 Å². The molecule has 4 heteroatoms. The molecule has 2 aliphatic rings. The van der Waals surface area contributed by atoms with Crippen molar-refractivity contribution in [3.8, 4) is 0 Å². The second-order valence-electron chi connectivity index (χ2n) is 6.35. The summed E-state index contributed by atoms with van der Waals surface area (Å²) in [7, 11) is 2.17. The molecule has 0 aromatic heterocycles. The molecule has 0 amide bonds. The van der Waals surface area contributed by atoms with Crippen molar-refractivity contribution in [2.45, 2.75) is 56.7 Å². The van der Waals surface area contributed by atoms with E-state index in [4.69, 9.17) is 4.74 Å². The minimum Gasteiger partial charge on any atom is -0.462 e. The number of halogens is 1. The molecule has 2 fully saturated rings. The maximum Gasteiger partial charge on any atom is 0.313 e. The third-order valence-electron chi connectivity index (χ3n) is 5.06. The van der Waals surface area contributed by atoms with Crippen LogP contribution >= 0.6 is 0 Å². The molecule has 21 heavy (non-hydrogen) atoms. The van der Waals surface area contributed by atoms with E-state index in [9.17, 15) is 9.18 Å². The van der Waals surface area contributed by atoms with Gasteiger partial charge < -0.3 is 9.64 Å². The smallest absolute Gasteiger partial charge is 0.313 e. The number of hydrogen-bond donors (Lipinski definition) is 0. The van der Waals surface area contributed by atoms with Gasteiger partial charge in [0.2, 0.25) is 0 Å². The normalized spacial score (nSPS) is 30.1. The fraction of sp³-hybridized carbons (Fsp3) is 0.588. The number of benzene rings is 1. The van der Waals surface area contributed by atoms with E-state index in [1.807, 2.05) is 6.92 Å². The van der Waals surface area contributed by atoms with Crippen molar-refractivity contribution in [2.24, 2.45) is 0 Å². The zero-order chi connectivity index (χ0) is 15.0. The molecule has 3 nitrogen and oxygen atoms in total. The van der Waals surface area contributed by atoms with Crippen molar-refractivity contribution in [3.63, 3.8) is 0 Å². The topological polar surface area (TPSA) is 29.5 Å². The first-order valence-corrected chi connectivity index (χ1v) is 7.72. The summed E-state index contributed by atoms with van der Waals surface area (Å²) < 4.78 is 18.6. The van der Waals surface area contributed by atoms with Gasteiger partial charge in [0, 0.05) is 12.1 Å². The van der Waals surface area contributed by atoms with E-state index >= 15 is 0 Å². The molecule has 1 aromatic rings. The molecule has 0 saturated carbocycles. The largest absolute Gasteiger partial charge is 0.462 e. The average molecular weight is 291 g/mol. The summed E-state index contributed by atoms with van der Waals surface area (Å²) in [5.74, 6) is -0.829. The van der Waals surface area contributed by atoms with Crippen molar-refractivity contribution in [3.05, 3.63) is 35.6 Å². The lowest BCUT2D eigenvalue weighted by Crippen LogP contribution is -2.43. The highest BCUT2D eigenvalue weighted by atomic mass is 19.1. The summed E-state index contributed by atoms with van der Waals surface area (Å²) in [4.78, 5) is 14.7. The van der Waals surface area contributed by atoms with Crippen LogP contribution in [-0.2, 0) is 9.53 Å². The molecule has 2 bridgehead atoms. The zero-order valence-electron chi connectivity index (χ0n) is 12.6. The predicted octanol–water partition coefficient (Wildman–Crippen LogP) is 3.10. The monoisotopic (exact) mass is 291 g/mol. The summed E-state index contributed by atoms with van der Waals surface area (Å²) in [6, 6.07) is 7.19. The van der Waals surface area contributed by atoms with Crippen LogP contribution < -0.4 is 0 Å². The maximum absolute atomic E-state index is 12.9. The number of hydrogen-bond acceptors (Lipinski definition) is 3. The number of ether oxygens (including phenoxy) is 1. The van der Waals surface area contributed by atoms with Crippen LogP contribution in [0.5, 0.6) is 0 Å². The first-order valence-electron chi connectivity index (χ1n) is 7.72. The van der Waals surface area contributed by atoms with E-state index in [0.29, 0.717) is 12.1 Å². The number of nitrogens with zero attached hydrogens (tertiary/aromatic N) is 1. The second kappa shape index (κ2) is 5.76. The molecular weight excluding hydrogens is 269 g/mol. The Kier molecular flexibility index (Phi) is 3.98. The van der Waals surface area contributed by atoms with E-state index in [1.54, 1.807) is 12.1 Å². The van der Waals surface area contributed by atoms with Crippen LogP contribution in [0.1, 0.15) is 44.1 Å². The number of carbonyl (C=O) groups is 1. The van der Waals surface area contributed by atoms with Crippen LogP contribution in [-0.4, -0.2) is 36.1 Å². The van der Waals surface area contributed by atoms with Crippen LogP contribution in [0.2, 0.25) is 0 Å². The van der Waals surface area contributed by atoms with Gasteiger partial charge in [-0.2, -0.15) is 0 Å². The molecule has 0 radical (unpaired) electrons. The highest BCUT2D eigenvalue weighted by Gasteiger charge is 2.40. The minimum atomic E-state index is -0.345. The zero-order valence-corrected chi connectivity index (χ0v) is 12.6. The lowest BCUT2D eigenvalue weighted by Gasteiger charge is -2.36. The van der Waals surface area contributed by atoms with Crippen LogP contribution in [0.3, 0.4) is 0 Å². The van der Waals surface area contributed by atoms with Gasteiger partial charge in [-0.25, -0.2) is 4.39 Å². The minimum absolute atomic E-state index is 0.0362. The van der Waals surface area contributed by atoms with Crippen molar-refractivity contribution < 1.29 is 13.9 Å². The van der Waals surface area contributed by atoms with Crippen LogP contribution in [0.25, 0.3) is 0 Å². The maximum atomic E-state index is 12.9. The summed E-state index contributed by atoms with van der Waals surface area (Å²) in [6.07, 6.45) is 4.34. The van der Waals surface area contributed by atoms with Gasteiger partial charge in [0.15, 0.2) is 0 Å². The number of fused-ring (bicyclic) bond motifs is 2. The van der Waals surface area contributed by atoms with E-state index < -0.39 is 0 Å². The van der Waals surface area contributed by atoms with Gasteiger partial charge in [-0.05, 0) is 57.4 Å². The van der Waals surface area contributed by atoms with Crippen LogP contribution in [0.4, 0.5) is 4.39 Å². The van der Waals surface area contributed by atoms with E-state index in [2.05, 4.69) is 11.9 Å². The van der Waals surface area contributed by atoms with E-state index in [0.717, 1.165) is 18.4 Å². The van der Waals surface area contributed by atoms with Crippen molar-refractivity contribution in [1.82, 2.24) is 4.90 Å². The Labute approximate surface area is 125 Å². The van der Waals surface area contributed by atoms with Gasteiger partial charge >= 0.3 is 5.97 Å². The summed E-state index contributed by atoms with van der Waals surface area (Å²) in [5.41, 5.74) is 0.803. The predicted molar refractivity (Wildman–Crippen MR) is 78.5 cm³/mol. The van der Waals surface area contributed by atoms with Crippen LogP contribution in [0, 0.1) is 5.82 Å². The van der Waals surface area contributed by atoms with Gasteiger partial charge in [0.05, 0.1) is 5.92 Å². The van der Waals surface area contributed by atoms with Gasteiger partial charge in [-0.15, -0.1) is 0 Å². The fourth-order valence-corrected chi connectivity index (χ4v) is 3.61. The Hall–Kier alpha value is -1.42. The summed E-state index contributed by atoms with van der Waals surface area (Å²) in [5, 5.41) is 0. The van der Waals surface area contributed by atoms with Gasteiger partial charge in [-0.1, -0.05) is 12.1 Å². The Bertz CT molecular complexity index is 502. The highest BCUT2D eigenvalue weighted by molar-refractivity contribution is 5.77. The lowest BCUT2D eigenvalue weighted by molar-refractivity contribution is -0.153. The molecule has 114 valence electrons. The molecule has 0 spiro atoms. The third kappa shape index (κ3) is 2.95. The molecule has 0 N–H and O–H groups in total. The molecule has 0 aliphatic carbocycles. The molecule has 3 rings (SSSR count). The quantitative estimate of drug-likeness (QED) is 0.802. The van der Waals surface area contributed by atoms with Gasteiger partial charge in [0.1, 0.15) is 11.9 Å². The van der Waals surface area contributed by atoms with Gasteiger partial charge in [-0.3, -0.25) is 4.79 Å². The van der Waals surface area contributed by atoms with E-state index in [-0.39, 0.29) is 23.8 Å². The molecule has 1 aromatic carbocycles. The summed E-state index contributed by atoms with van der Waals surface area (Å²) in [6.45, 7) is 1.82. The number of rotatable bonds is 3. The number of esters is 1. The molecule has 2 heterocycles. The Morgan fingerprint density at radius 1 is 1.24 bits per heavy atom. The number of carbonyl (C=O) groups excluding carboxylic acids is 1. The van der Waals surface area contributed by atoms with Crippen molar-refractivity contribution >= 4 is 5.97 Å².